The molecule has 0 bridgehead atoms. The number of likely N-dealkylation sites (tertiary alicyclic amines) is 1. The molecule has 2 fully saturated rings. The third-order valence-electron chi connectivity index (χ3n) is 6.90. The number of rotatable bonds is 2. The number of carbonyl (C=O) groups excluding carboxylic acids is 1. The summed E-state index contributed by atoms with van der Waals surface area (Å²) in [5.74, 6) is -0.627. The van der Waals surface area contributed by atoms with E-state index >= 15 is 0 Å². The van der Waals surface area contributed by atoms with Crippen molar-refractivity contribution in [3.8, 4) is 0 Å². The highest BCUT2D eigenvalue weighted by molar-refractivity contribution is 7.91. The van der Waals surface area contributed by atoms with Crippen LogP contribution in [0.25, 0.3) is 0 Å². The second kappa shape index (κ2) is 7.50. The van der Waals surface area contributed by atoms with Crippen LogP contribution in [-0.2, 0) is 20.8 Å². The number of sulfone groups is 1. The molecule has 31 heavy (non-hydrogen) atoms. The van der Waals surface area contributed by atoms with Crippen LogP contribution in [0.4, 0.5) is 13.2 Å². The number of amides is 1. The van der Waals surface area contributed by atoms with Crippen LogP contribution >= 0.6 is 0 Å². The minimum atomic E-state index is -4.41. The molecule has 0 radical (unpaired) electrons. The molecular weight excluding hydrogens is 431 g/mol. The maximum atomic E-state index is 13.4. The molecule has 2 atom stereocenters. The normalized spacial score (nSPS) is 28.9. The quantitative estimate of drug-likeness (QED) is 0.685. The van der Waals surface area contributed by atoms with Gasteiger partial charge in [-0.05, 0) is 36.8 Å². The highest BCUT2D eigenvalue weighted by Gasteiger charge is 2.55. The van der Waals surface area contributed by atoms with Crippen molar-refractivity contribution in [1.29, 1.82) is 0 Å². The number of piperidine rings is 1. The van der Waals surface area contributed by atoms with Gasteiger partial charge in [0.2, 0.25) is 0 Å². The summed E-state index contributed by atoms with van der Waals surface area (Å²) in [5.41, 5.74) is -0.977. The van der Waals surface area contributed by atoms with Crippen LogP contribution in [-0.4, -0.2) is 67.6 Å². The molecule has 0 spiro atoms. The molecule has 1 aromatic rings. The van der Waals surface area contributed by atoms with Gasteiger partial charge in [0, 0.05) is 20.1 Å². The summed E-state index contributed by atoms with van der Waals surface area (Å²) in [6, 6.07) is 5.45. The lowest BCUT2D eigenvalue weighted by molar-refractivity contribution is -0.138. The van der Waals surface area contributed by atoms with Gasteiger partial charge in [0.1, 0.15) is 5.71 Å². The van der Waals surface area contributed by atoms with E-state index < -0.39 is 27.0 Å². The van der Waals surface area contributed by atoms with Crippen molar-refractivity contribution < 1.29 is 26.4 Å². The number of hydrazone groups is 1. The Bertz CT molecular complexity index is 1020. The Morgan fingerprint density at radius 3 is 2.45 bits per heavy atom. The van der Waals surface area contributed by atoms with Gasteiger partial charge >= 0.3 is 6.18 Å². The first-order valence-electron chi connectivity index (χ1n) is 10.4. The molecule has 1 amide bonds. The Morgan fingerprint density at radius 1 is 1.16 bits per heavy atom. The number of alkyl halides is 3. The van der Waals surface area contributed by atoms with E-state index in [1.165, 1.54) is 12.1 Å². The monoisotopic (exact) mass is 457 g/mol. The third kappa shape index (κ3) is 3.94. The molecular formula is C21H26F3N3O3S. The number of benzene rings is 1. The topological polar surface area (TPSA) is 70.1 Å². The summed E-state index contributed by atoms with van der Waals surface area (Å²) < 4.78 is 64.7. The standard InChI is InChI=1S/C21H26F3N3O3S/c1-20-13-31(29,30)12-9-17(20)26(2)25-18(20)19(28)27-10-7-14(8-11-27)15-5-3-4-6-16(15)21(22,23)24/h3-6,14,17H,7-13H2,1-2H3. The van der Waals surface area contributed by atoms with Crippen molar-refractivity contribution in [2.75, 3.05) is 31.6 Å². The van der Waals surface area contributed by atoms with Crippen molar-refractivity contribution in [3.05, 3.63) is 35.4 Å². The maximum absolute atomic E-state index is 13.4. The highest BCUT2D eigenvalue weighted by atomic mass is 32.2. The molecule has 170 valence electrons. The zero-order valence-corrected chi connectivity index (χ0v) is 18.3. The molecule has 2 unspecified atom stereocenters. The highest BCUT2D eigenvalue weighted by Crippen LogP contribution is 2.42. The molecule has 0 saturated carbocycles. The van der Waals surface area contributed by atoms with E-state index in [-0.39, 0.29) is 40.6 Å². The van der Waals surface area contributed by atoms with Gasteiger partial charge in [0.25, 0.3) is 5.91 Å². The Kier molecular flexibility index (Phi) is 5.34. The van der Waals surface area contributed by atoms with Crippen molar-refractivity contribution in [2.45, 2.75) is 44.3 Å². The number of carbonyl (C=O) groups is 1. The summed E-state index contributed by atoms with van der Waals surface area (Å²) in [4.78, 5) is 14.9. The Balaban J connectivity index is 1.50. The molecule has 0 aliphatic carbocycles. The fourth-order valence-electron chi connectivity index (χ4n) is 5.34. The fraction of sp³-hybridized carbons (Fsp3) is 0.619. The van der Waals surface area contributed by atoms with E-state index in [2.05, 4.69) is 5.10 Å². The van der Waals surface area contributed by atoms with Gasteiger partial charge in [0.05, 0.1) is 28.5 Å². The van der Waals surface area contributed by atoms with Gasteiger partial charge in [-0.15, -0.1) is 0 Å². The number of fused-ring (bicyclic) bond motifs is 1. The first-order chi connectivity index (χ1) is 14.4. The smallest absolute Gasteiger partial charge is 0.337 e. The van der Waals surface area contributed by atoms with E-state index in [0.717, 1.165) is 6.07 Å². The number of hydrogen-bond donors (Lipinski definition) is 0. The fourth-order valence-corrected chi connectivity index (χ4v) is 7.31. The summed E-state index contributed by atoms with van der Waals surface area (Å²) in [6.07, 6.45) is -3.16. The maximum Gasteiger partial charge on any atom is 0.416 e. The molecule has 3 aliphatic rings. The Morgan fingerprint density at radius 2 is 1.81 bits per heavy atom. The Hall–Kier alpha value is -2.10. The second-order valence-corrected chi connectivity index (χ2v) is 11.2. The largest absolute Gasteiger partial charge is 0.416 e. The van der Waals surface area contributed by atoms with Gasteiger partial charge in [-0.1, -0.05) is 25.1 Å². The lowest BCUT2D eigenvalue weighted by Crippen LogP contribution is -2.54. The SMILES string of the molecule is CN1N=C(C(=O)N2CCC(c3ccccc3C(F)(F)F)CC2)C2(C)CS(=O)(=O)CCC12. The summed E-state index contributed by atoms with van der Waals surface area (Å²) in [5, 5.41) is 6.10. The molecule has 10 heteroatoms. The Labute approximate surface area is 180 Å². The predicted molar refractivity (Wildman–Crippen MR) is 110 cm³/mol. The summed E-state index contributed by atoms with van der Waals surface area (Å²) in [7, 11) is -1.51. The van der Waals surface area contributed by atoms with Crippen molar-refractivity contribution in [1.82, 2.24) is 9.91 Å². The molecule has 0 aromatic heterocycles. The van der Waals surface area contributed by atoms with Gasteiger partial charge in [-0.25, -0.2) is 8.42 Å². The van der Waals surface area contributed by atoms with Crippen molar-refractivity contribution in [3.63, 3.8) is 0 Å². The van der Waals surface area contributed by atoms with E-state index in [9.17, 15) is 26.4 Å². The van der Waals surface area contributed by atoms with Gasteiger partial charge in [0.15, 0.2) is 9.84 Å². The molecule has 0 N–H and O–H groups in total. The zero-order valence-electron chi connectivity index (χ0n) is 17.5. The van der Waals surface area contributed by atoms with Gasteiger partial charge in [-0.3, -0.25) is 9.80 Å². The number of nitrogens with zero attached hydrogens (tertiary/aromatic N) is 3. The molecule has 2 saturated heterocycles. The minimum absolute atomic E-state index is 0.0819. The van der Waals surface area contributed by atoms with Crippen LogP contribution in [0.2, 0.25) is 0 Å². The lowest BCUT2D eigenvalue weighted by Gasteiger charge is -2.39. The van der Waals surface area contributed by atoms with Crippen LogP contribution in [0, 0.1) is 5.41 Å². The predicted octanol–water partition coefficient (Wildman–Crippen LogP) is 2.91. The summed E-state index contributed by atoms with van der Waals surface area (Å²) in [6.45, 7) is 2.40. The van der Waals surface area contributed by atoms with Crippen LogP contribution in [0.5, 0.6) is 0 Å². The van der Waals surface area contributed by atoms with Crippen molar-refractivity contribution in [2.24, 2.45) is 10.5 Å². The second-order valence-electron chi connectivity index (χ2n) is 8.99. The molecule has 1 aromatic carbocycles. The minimum Gasteiger partial charge on any atom is -0.337 e. The molecule has 3 aliphatic heterocycles. The number of hydrogen-bond acceptors (Lipinski definition) is 5. The zero-order chi connectivity index (χ0) is 22.6. The molecule has 6 nitrogen and oxygen atoms in total. The van der Waals surface area contributed by atoms with Gasteiger partial charge < -0.3 is 4.90 Å². The van der Waals surface area contributed by atoms with Crippen LogP contribution in [0.1, 0.15) is 43.2 Å². The van der Waals surface area contributed by atoms with E-state index in [1.54, 1.807) is 29.9 Å². The number of halogens is 3. The molecule has 4 rings (SSSR count). The third-order valence-corrected chi connectivity index (χ3v) is 8.80. The average molecular weight is 458 g/mol. The van der Waals surface area contributed by atoms with E-state index in [0.29, 0.717) is 32.4 Å². The first kappa shape index (κ1) is 22.1. The van der Waals surface area contributed by atoms with Crippen LogP contribution < -0.4 is 0 Å². The summed E-state index contributed by atoms with van der Waals surface area (Å²) >= 11 is 0. The lowest BCUT2D eigenvalue weighted by atomic mass is 9.78. The van der Waals surface area contributed by atoms with Crippen LogP contribution in [0.15, 0.2) is 29.4 Å². The first-order valence-corrected chi connectivity index (χ1v) is 12.2. The molecule has 3 heterocycles. The van der Waals surface area contributed by atoms with E-state index in [1.807, 2.05) is 0 Å². The van der Waals surface area contributed by atoms with Crippen molar-refractivity contribution >= 4 is 21.5 Å². The average Bonchev–Trinajstić information content (AvgIpc) is 2.95. The van der Waals surface area contributed by atoms with Crippen LogP contribution in [0.3, 0.4) is 0 Å². The van der Waals surface area contributed by atoms with E-state index in [4.69, 9.17) is 0 Å². The van der Waals surface area contributed by atoms with Gasteiger partial charge in [-0.2, -0.15) is 18.3 Å².